The number of hydrogen-bond acceptors (Lipinski definition) is 3. The zero-order chi connectivity index (χ0) is 14.8. The van der Waals surface area contributed by atoms with E-state index in [-0.39, 0.29) is 12.3 Å². The second-order valence-electron chi connectivity index (χ2n) is 5.45. The average Bonchev–Trinajstić information content (AvgIpc) is 2.87. The fourth-order valence-corrected chi connectivity index (χ4v) is 2.78. The van der Waals surface area contributed by atoms with Gasteiger partial charge in [0.25, 0.3) is 5.91 Å². The first-order valence-corrected chi connectivity index (χ1v) is 7.75. The van der Waals surface area contributed by atoms with Gasteiger partial charge in [-0.25, -0.2) is 0 Å². The van der Waals surface area contributed by atoms with Gasteiger partial charge in [0.05, 0.1) is 0 Å². The molecule has 0 aromatic carbocycles. The third-order valence-electron chi connectivity index (χ3n) is 3.85. The molecule has 0 radical (unpaired) electrons. The minimum atomic E-state index is -0.738. The molecule has 1 fully saturated rings. The number of aliphatic carboxylic acids is 1. The fourth-order valence-electron chi connectivity index (χ4n) is 2.78. The number of hydrogen-bond donors (Lipinski definition) is 2. The van der Waals surface area contributed by atoms with Gasteiger partial charge in [0.1, 0.15) is 5.60 Å². The van der Waals surface area contributed by atoms with E-state index < -0.39 is 11.6 Å². The molecule has 1 aliphatic carbocycles. The van der Waals surface area contributed by atoms with Crippen molar-refractivity contribution >= 4 is 11.9 Å². The molecule has 1 aliphatic rings. The summed E-state index contributed by atoms with van der Waals surface area (Å²) in [6.07, 6.45) is 7.47. The third kappa shape index (κ3) is 5.49. The van der Waals surface area contributed by atoms with Crippen molar-refractivity contribution in [2.45, 2.75) is 70.3 Å². The third-order valence-corrected chi connectivity index (χ3v) is 3.85. The van der Waals surface area contributed by atoms with Gasteiger partial charge in [0.15, 0.2) is 0 Å². The van der Waals surface area contributed by atoms with Gasteiger partial charge in [-0.2, -0.15) is 0 Å². The molecule has 0 bridgehead atoms. The van der Waals surface area contributed by atoms with Crippen molar-refractivity contribution in [1.82, 2.24) is 5.32 Å². The first-order chi connectivity index (χ1) is 9.60. The summed E-state index contributed by atoms with van der Waals surface area (Å²) < 4.78 is 5.70. The Bertz CT molecular complexity index is 311. The van der Waals surface area contributed by atoms with E-state index in [4.69, 9.17) is 9.84 Å². The summed E-state index contributed by atoms with van der Waals surface area (Å²) in [5.41, 5.74) is -0.585. The SMILES string of the molecule is CCOC1(C(=O)NCCCCCCC(=O)O)CCCC1. The van der Waals surface area contributed by atoms with Crippen LogP contribution in [0.15, 0.2) is 0 Å². The highest BCUT2D eigenvalue weighted by atomic mass is 16.5. The molecule has 5 heteroatoms. The molecule has 0 aliphatic heterocycles. The van der Waals surface area contributed by atoms with Crippen molar-refractivity contribution in [3.63, 3.8) is 0 Å². The van der Waals surface area contributed by atoms with Crippen molar-refractivity contribution in [3.05, 3.63) is 0 Å². The Morgan fingerprint density at radius 1 is 1.15 bits per heavy atom. The van der Waals surface area contributed by atoms with Crippen molar-refractivity contribution in [1.29, 1.82) is 0 Å². The van der Waals surface area contributed by atoms with E-state index >= 15 is 0 Å². The van der Waals surface area contributed by atoms with Crippen LogP contribution in [0.25, 0.3) is 0 Å². The van der Waals surface area contributed by atoms with E-state index in [1.807, 2.05) is 6.92 Å². The molecule has 1 rings (SSSR count). The van der Waals surface area contributed by atoms with Crippen LogP contribution in [0, 0.1) is 0 Å². The Hall–Kier alpha value is -1.10. The van der Waals surface area contributed by atoms with Crippen molar-refractivity contribution in [2.75, 3.05) is 13.2 Å². The summed E-state index contributed by atoms with van der Waals surface area (Å²) in [5, 5.41) is 11.5. The van der Waals surface area contributed by atoms with Crippen molar-refractivity contribution in [2.24, 2.45) is 0 Å². The number of carbonyl (C=O) groups is 2. The molecule has 1 amide bonds. The summed E-state index contributed by atoms with van der Waals surface area (Å²) in [4.78, 5) is 22.6. The van der Waals surface area contributed by atoms with Crippen molar-refractivity contribution in [3.8, 4) is 0 Å². The monoisotopic (exact) mass is 285 g/mol. The molecule has 2 N–H and O–H groups in total. The van der Waals surface area contributed by atoms with E-state index in [9.17, 15) is 9.59 Å². The number of unbranched alkanes of at least 4 members (excludes halogenated alkanes) is 3. The number of carboxylic acid groups (broad SMARTS) is 1. The van der Waals surface area contributed by atoms with E-state index in [0.29, 0.717) is 19.6 Å². The zero-order valence-corrected chi connectivity index (χ0v) is 12.5. The lowest BCUT2D eigenvalue weighted by Gasteiger charge is -2.27. The zero-order valence-electron chi connectivity index (χ0n) is 12.5. The van der Waals surface area contributed by atoms with Gasteiger partial charge in [-0.05, 0) is 45.4 Å². The van der Waals surface area contributed by atoms with Crippen LogP contribution in [0.3, 0.4) is 0 Å². The molecule has 0 atom stereocenters. The standard InChI is InChI=1S/C15H27NO4/c1-2-20-15(10-6-7-11-15)14(19)16-12-8-4-3-5-9-13(17)18/h2-12H2,1H3,(H,16,19)(H,17,18). The van der Waals surface area contributed by atoms with Crippen LogP contribution < -0.4 is 5.32 Å². The summed E-state index contributed by atoms with van der Waals surface area (Å²) >= 11 is 0. The summed E-state index contributed by atoms with van der Waals surface area (Å²) in [7, 11) is 0. The van der Waals surface area contributed by atoms with Gasteiger partial charge in [-0.15, -0.1) is 0 Å². The van der Waals surface area contributed by atoms with Crippen LogP contribution in [0.4, 0.5) is 0 Å². The normalized spacial score (nSPS) is 17.1. The highest BCUT2D eigenvalue weighted by Gasteiger charge is 2.41. The summed E-state index contributed by atoms with van der Waals surface area (Å²) in [5.74, 6) is -0.708. The van der Waals surface area contributed by atoms with Crippen LogP contribution in [0.5, 0.6) is 0 Å². The van der Waals surface area contributed by atoms with Crippen LogP contribution in [-0.2, 0) is 14.3 Å². The molecule has 0 unspecified atom stereocenters. The number of nitrogens with one attached hydrogen (secondary N) is 1. The summed E-state index contributed by atoms with van der Waals surface area (Å²) in [6, 6.07) is 0. The molecule has 0 aromatic rings. The first-order valence-electron chi connectivity index (χ1n) is 7.75. The lowest BCUT2D eigenvalue weighted by Crippen LogP contribution is -2.47. The number of rotatable bonds is 10. The highest BCUT2D eigenvalue weighted by Crippen LogP contribution is 2.33. The van der Waals surface area contributed by atoms with Crippen LogP contribution in [0.1, 0.15) is 64.7 Å². The maximum atomic E-state index is 12.2. The molecular formula is C15H27NO4. The summed E-state index contributed by atoms with van der Waals surface area (Å²) in [6.45, 7) is 3.15. The van der Waals surface area contributed by atoms with Crippen LogP contribution in [0.2, 0.25) is 0 Å². The van der Waals surface area contributed by atoms with E-state index in [1.54, 1.807) is 0 Å². The number of carbonyl (C=O) groups excluding carboxylic acids is 1. The van der Waals surface area contributed by atoms with E-state index in [1.165, 1.54) is 0 Å². The molecule has 0 heterocycles. The highest BCUT2D eigenvalue weighted by molar-refractivity contribution is 5.85. The average molecular weight is 285 g/mol. The Labute approximate surface area is 121 Å². The Morgan fingerprint density at radius 2 is 1.80 bits per heavy atom. The minimum Gasteiger partial charge on any atom is -0.481 e. The number of carboxylic acids is 1. The minimum absolute atomic E-state index is 0.0300. The first kappa shape index (κ1) is 17.0. The van der Waals surface area contributed by atoms with Gasteiger partial charge in [-0.3, -0.25) is 9.59 Å². The lowest BCUT2D eigenvalue weighted by atomic mass is 10.0. The van der Waals surface area contributed by atoms with E-state index in [2.05, 4.69) is 5.32 Å². The molecule has 0 spiro atoms. The predicted molar refractivity (Wildman–Crippen MR) is 76.6 cm³/mol. The van der Waals surface area contributed by atoms with Gasteiger partial charge in [0.2, 0.25) is 0 Å². The molecule has 116 valence electrons. The quantitative estimate of drug-likeness (QED) is 0.605. The second-order valence-corrected chi connectivity index (χ2v) is 5.45. The van der Waals surface area contributed by atoms with Gasteiger partial charge >= 0.3 is 5.97 Å². The maximum absolute atomic E-state index is 12.2. The predicted octanol–water partition coefficient (Wildman–Crippen LogP) is 2.49. The Morgan fingerprint density at radius 3 is 2.40 bits per heavy atom. The molecule has 1 saturated carbocycles. The van der Waals surface area contributed by atoms with Gasteiger partial charge in [-0.1, -0.05) is 12.8 Å². The van der Waals surface area contributed by atoms with Crippen LogP contribution in [-0.4, -0.2) is 35.7 Å². The number of ether oxygens (including phenoxy) is 1. The molecule has 0 saturated heterocycles. The van der Waals surface area contributed by atoms with Gasteiger partial charge < -0.3 is 15.2 Å². The molecule has 0 aromatic heterocycles. The molecular weight excluding hydrogens is 258 g/mol. The second kappa shape index (κ2) is 8.95. The lowest BCUT2D eigenvalue weighted by molar-refractivity contribution is -0.146. The topological polar surface area (TPSA) is 75.6 Å². The van der Waals surface area contributed by atoms with Crippen molar-refractivity contribution < 1.29 is 19.4 Å². The Balaban J connectivity index is 2.14. The van der Waals surface area contributed by atoms with Gasteiger partial charge in [0, 0.05) is 19.6 Å². The fraction of sp³-hybridized carbons (Fsp3) is 0.867. The van der Waals surface area contributed by atoms with E-state index in [0.717, 1.165) is 44.9 Å². The van der Waals surface area contributed by atoms with Crippen LogP contribution >= 0.6 is 0 Å². The molecule has 20 heavy (non-hydrogen) atoms. The maximum Gasteiger partial charge on any atom is 0.303 e. The smallest absolute Gasteiger partial charge is 0.303 e. The largest absolute Gasteiger partial charge is 0.481 e. The Kier molecular flexibility index (Phi) is 7.59. The molecule has 5 nitrogen and oxygen atoms in total. The number of amides is 1.